The van der Waals surface area contributed by atoms with E-state index in [1.165, 1.54) is 12.8 Å². The molecule has 4 atom stereocenters. The van der Waals surface area contributed by atoms with Crippen molar-refractivity contribution in [1.82, 2.24) is 0 Å². The zero-order valence-corrected chi connectivity index (χ0v) is 12.9. The van der Waals surface area contributed by atoms with Gasteiger partial charge in [-0.25, -0.2) is 0 Å². The fourth-order valence-electron chi connectivity index (χ4n) is 3.52. The van der Waals surface area contributed by atoms with E-state index in [0.717, 1.165) is 26.0 Å². The number of rotatable bonds is 1. The van der Waals surface area contributed by atoms with E-state index < -0.39 is 0 Å². The Hall–Kier alpha value is 1.52. The van der Waals surface area contributed by atoms with Gasteiger partial charge in [0, 0.05) is 0 Å². The molecule has 3 heteroatoms. The lowest BCUT2D eigenvalue weighted by Gasteiger charge is -2.62. The van der Waals surface area contributed by atoms with Crippen molar-refractivity contribution in [3.8, 4) is 0 Å². The van der Waals surface area contributed by atoms with Gasteiger partial charge in [0.25, 0.3) is 2.43 Å². The molecular formula is C10H17BI2. The number of hydrogen-bond donors (Lipinski definition) is 0. The zero-order chi connectivity index (χ0) is 9.80. The standard InChI is InChI=1S/C10H17BI2/c1-6-8-4-7(10(8,2)3)5-9(6)11(12)13/h6-9H,4-5H2,1-3H3/t6-,7?,8?,9-/m1/s1. The SMILES string of the molecule is C[C@@H]1C2CC(C[C@H]1B(I)I)C2(C)C. The molecule has 74 valence electrons. The first-order valence-corrected chi connectivity index (χ1v) is 7.72. The molecule has 13 heavy (non-hydrogen) atoms. The molecule has 0 amide bonds. The lowest BCUT2D eigenvalue weighted by atomic mass is 9.41. The van der Waals surface area contributed by atoms with Crippen LogP contribution in [0.1, 0.15) is 33.6 Å². The van der Waals surface area contributed by atoms with Crippen LogP contribution >= 0.6 is 44.7 Å². The Morgan fingerprint density at radius 1 is 1.23 bits per heavy atom. The van der Waals surface area contributed by atoms with E-state index in [0.29, 0.717) is 5.41 Å². The quantitative estimate of drug-likeness (QED) is 0.451. The van der Waals surface area contributed by atoms with Crippen LogP contribution < -0.4 is 0 Å². The third-order valence-electron chi connectivity index (χ3n) is 4.74. The molecule has 3 rings (SSSR count). The Morgan fingerprint density at radius 2 is 1.85 bits per heavy atom. The molecule has 3 aliphatic rings. The van der Waals surface area contributed by atoms with Crippen LogP contribution in [0.3, 0.4) is 0 Å². The summed E-state index contributed by atoms with van der Waals surface area (Å²) in [5.74, 6) is 3.99. The van der Waals surface area contributed by atoms with Gasteiger partial charge in [-0.15, -0.1) is 44.7 Å². The van der Waals surface area contributed by atoms with Gasteiger partial charge in [0.1, 0.15) is 0 Å². The maximum Gasteiger partial charge on any atom is 0.292 e. The maximum absolute atomic E-state index is 2.61. The van der Waals surface area contributed by atoms with E-state index in [1.54, 1.807) is 0 Å². The van der Waals surface area contributed by atoms with Gasteiger partial charge in [0.2, 0.25) is 0 Å². The highest BCUT2D eigenvalue weighted by atomic mass is 127. The first-order valence-electron chi connectivity index (χ1n) is 5.22. The molecule has 0 spiro atoms. The van der Waals surface area contributed by atoms with Gasteiger partial charge in [0.15, 0.2) is 0 Å². The van der Waals surface area contributed by atoms with Crippen molar-refractivity contribution in [3.63, 3.8) is 0 Å². The van der Waals surface area contributed by atoms with Crippen LogP contribution in [0.25, 0.3) is 0 Å². The van der Waals surface area contributed by atoms with Crippen molar-refractivity contribution in [3.05, 3.63) is 0 Å². The topological polar surface area (TPSA) is 0 Å². The minimum atomic E-state index is 0.665. The van der Waals surface area contributed by atoms with Gasteiger partial charge in [-0.05, 0) is 35.4 Å². The van der Waals surface area contributed by atoms with Crippen LogP contribution in [0, 0.1) is 23.2 Å². The third-order valence-corrected chi connectivity index (χ3v) is 6.58. The summed E-state index contributed by atoms with van der Waals surface area (Å²) < 4.78 is 0.839. The first-order chi connectivity index (χ1) is 5.94. The summed E-state index contributed by atoms with van der Waals surface area (Å²) in [6.45, 7) is 7.44. The Kier molecular flexibility index (Phi) is 2.99. The number of hydrogen-bond acceptors (Lipinski definition) is 0. The summed E-state index contributed by atoms with van der Waals surface area (Å²) in [5, 5.41) is 0. The Morgan fingerprint density at radius 3 is 2.23 bits per heavy atom. The first kappa shape index (κ1) is 11.0. The van der Waals surface area contributed by atoms with Crippen LogP contribution in [0.2, 0.25) is 5.82 Å². The smallest absolute Gasteiger partial charge is 0.133 e. The van der Waals surface area contributed by atoms with E-state index >= 15 is 0 Å². The van der Waals surface area contributed by atoms with Gasteiger partial charge in [-0.2, -0.15) is 0 Å². The largest absolute Gasteiger partial charge is 0.292 e. The van der Waals surface area contributed by atoms with Crippen LogP contribution in [0.15, 0.2) is 0 Å². The van der Waals surface area contributed by atoms with Crippen molar-refractivity contribution in [2.45, 2.75) is 39.4 Å². The molecule has 0 aromatic heterocycles. The molecule has 3 aliphatic carbocycles. The average molecular weight is 402 g/mol. The van der Waals surface area contributed by atoms with Crippen LogP contribution in [0.5, 0.6) is 0 Å². The summed E-state index contributed by atoms with van der Waals surface area (Å²) in [5.41, 5.74) is 0.665. The second-order valence-corrected chi connectivity index (χ2v) is 10.5. The lowest BCUT2D eigenvalue weighted by molar-refractivity contribution is -0.0981. The summed E-state index contributed by atoms with van der Waals surface area (Å²) in [6, 6.07) is 0. The molecule has 3 fully saturated rings. The predicted octanol–water partition coefficient (Wildman–Crippen LogP) is 4.42. The Labute approximate surface area is 109 Å². The van der Waals surface area contributed by atoms with Gasteiger partial charge >= 0.3 is 0 Å². The Balaban J connectivity index is 2.12. The second-order valence-electron chi connectivity index (χ2n) is 5.45. The van der Waals surface area contributed by atoms with E-state index in [4.69, 9.17) is 0 Å². The highest BCUT2D eigenvalue weighted by Gasteiger charge is 2.57. The number of halogens is 2. The molecule has 3 saturated carbocycles. The van der Waals surface area contributed by atoms with E-state index in [1.807, 2.05) is 0 Å². The molecule has 0 aliphatic heterocycles. The second kappa shape index (κ2) is 3.53. The summed E-state index contributed by atoms with van der Waals surface area (Å²) in [4.78, 5) is 0. The molecular weight excluding hydrogens is 385 g/mol. The van der Waals surface area contributed by atoms with Gasteiger partial charge in [-0.1, -0.05) is 27.2 Å². The minimum Gasteiger partial charge on any atom is -0.133 e. The molecule has 0 N–H and O–H groups in total. The van der Waals surface area contributed by atoms with E-state index in [9.17, 15) is 0 Å². The monoisotopic (exact) mass is 402 g/mol. The van der Waals surface area contributed by atoms with Crippen LogP contribution in [-0.2, 0) is 0 Å². The summed E-state index contributed by atoms with van der Waals surface area (Å²) >= 11 is 5.21. The van der Waals surface area contributed by atoms with Gasteiger partial charge < -0.3 is 0 Å². The molecule has 0 aromatic rings. The fourth-order valence-corrected chi connectivity index (χ4v) is 5.42. The number of fused-ring (bicyclic) bond motifs is 2. The Bertz CT molecular complexity index is 213. The fraction of sp³-hybridized carbons (Fsp3) is 1.00. The van der Waals surface area contributed by atoms with E-state index in [2.05, 4.69) is 65.5 Å². The predicted molar refractivity (Wildman–Crippen MR) is 76.7 cm³/mol. The molecule has 0 saturated heterocycles. The molecule has 0 nitrogen and oxygen atoms in total. The van der Waals surface area contributed by atoms with Crippen molar-refractivity contribution in [2.24, 2.45) is 23.2 Å². The summed E-state index contributed by atoms with van der Waals surface area (Å²) in [6.07, 6.45) is 3.01. The van der Waals surface area contributed by atoms with Gasteiger partial charge in [0.05, 0.1) is 0 Å². The van der Waals surface area contributed by atoms with Crippen molar-refractivity contribution in [1.29, 1.82) is 0 Å². The zero-order valence-electron chi connectivity index (χ0n) is 8.56. The molecule has 2 bridgehead atoms. The molecule has 0 heterocycles. The molecule has 0 radical (unpaired) electrons. The van der Waals surface area contributed by atoms with Crippen LogP contribution in [-0.4, -0.2) is 2.43 Å². The van der Waals surface area contributed by atoms with Gasteiger partial charge in [-0.3, -0.25) is 0 Å². The average Bonchev–Trinajstić information content (AvgIpc) is 2.02. The van der Waals surface area contributed by atoms with Crippen molar-refractivity contribution in [2.75, 3.05) is 0 Å². The molecule has 2 unspecified atom stereocenters. The third kappa shape index (κ3) is 1.60. The van der Waals surface area contributed by atoms with Crippen molar-refractivity contribution >= 4 is 47.2 Å². The maximum atomic E-state index is 2.61. The normalized spacial score (nSPS) is 46.8. The lowest BCUT2D eigenvalue weighted by Crippen LogP contribution is -2.54. The molecule has 0 aromatic carbocycles. The van der Waals surface area contributed by atoms with Crippen molar-refractivity contribution < 1.29 is 0 Å². The highest BCUT2D eigenvalue weighted by Crippen LogP contribution is 2.65. The summed E-state index contributed by atoms with van der Waals surface area (Å²) in [7, 11) is 0. The van der Waals surface area contributed by atoms with Crippen LogP contribution in [0.4, 0.5) is 0 Å². The van der Waals surface area contributed by atoms with E-state index in [-0.39, 0.29) is 0 Å². The minimum absolute atomic E-state index is 0.665. The highest BCUT2D eigenvalue weighted by molar-refractivity contribution is 14.3.